The fourth-order valence-electron chi connectivity index (χ4n) is 2.43. The Labute approximate surface area is 128 Å². The first-order valence-corrected chi connectivity index (χ1v) is 7.57. The van der Waals surface area contributed by atoms with Gasteiger partial charge in [-0.3, -0.25) is 15.2 Å². The highest BCUT2D eigenvalue weighted by Crippen LogP contribution is 2.32. The van der Waals surface area contributed by atoms with E-state index in [1.807, 2.05) is 6.07 Å². The number of hydrogen-bond donors (Lipinski definition) is 2. The molecule has 2 heterocycles. The van der Waals surface area contributed by atoms with Crippen LogP contribution in [0.5, 0.6) is 0 Å². The zero-order chi connectivity index (χ0) is 15.9. The molecule has 0 saturated carbocycles. The number of hydrogen-bond acceptors (Lipinski definition) is 4. The number of thiophene rings is 1. The van der Waals surface area contributed by atoms with Gasteiger partial charge in [0.05, 0.1) is 4.88 Å². The lowest BCUT2D eigenvalue weighted by molar-refractivity contribution is -0.144. The van der Waals surface area contributed by atoms with Gasteiger partial charge in [-0.1, -0.05) is 6.92 Å². The molecule has 3 rings (SSSR count). The lowest BCUT2D eigenvalue weighted by atomic mass is 9.90. The highest BCUT2D eigenvalue weighted by Gasteiger charge is 2.35. The van der Waals surface area contributed by atoms with Crippen LogP contribution in [-0.2, 0) is 19.0 Å². The van der Waals surface area contributed by atoms with Crippen LogP contribution in [0.15, 0.2) is 6.07 Å². The molecule has 0 spiro atoms. The fourth-order valence-corrected chi connectivity index (χ4v) is 3.53. The van der Waals surface area contributed by atoms with Crippen LogP contribution in [0.1, 0.15) is 39.3 Å². The molecular formula is C13H13F3N4OS. The van der Waals surface area contributed by atoms with Gasteiger partial charge in [0, 0.05) is 4.88 Å². The first kappa shape index (κ1) is 15.0. The lowest BCUT2D eigenvalue weighted by Crippen LogP contribution is -2.12. The average Bonchev–Trinajstić information content (AvgIpc) is 3.03. The molecule has 0 radical (unpaired) electrons. The molecule has 0 bridgehead atoms. The van der Waals surface area contributed by atoms with Crippen LogP contribution in [0.4, 0.5) is 19.1 Å². The van der Waals surface area contributed by atoms with Crippen molar-refractivity contribution in [3.05, 3.63) is 27.2 Å². The summed E-state index contributed by atoms with van der Waals surface area (Å²) < 4.78 is 37.2. The molecule has 1 atom stereocenters. The maximum absolute atomic E-state index is 12.4. The van der Waals surface area contributed by atoms with Crippen LogP contribution < -0.4 is 5.32 Å². The Morgan fingerprint density at radius 3 is 2.95 bits per heavy atom. The second kappa shape index (κ2) is 5.38. The van der Waals surface area contributed by atoms with E-state index >= 15 is 0 Å². The predicted octanol–water partition coefficient (Wildman–Crippen LogP) is 3.26. The number of rotatable bonds is 2. The summed E-state index contributed by atoms with van der Waals surface area (Å²) in [6, 6.07) is 1.81. The molecule has 0 saturated heterocycles. The minimum Gasteiger partial charge on any atom is -0.288 e. The first-order chi connectivity index (χ1) is 10.3. The monoisotopic (exact) mass is 330 g/mol. The third-order valence-corrected chi connectivity index (χ3v) is 4.77. The number of aromatic amines is 1. The van der Waals surface area contributed by atoms with Crippen molar-refractivity contribution < 1.29 is 18.0 Å². The summed E-state index contributed by atoms with van der Waals surface area (Å²) in [5.41, 5.74) is 1.15. The number of aryl methyl sites for hydroxylation is 1. The summed E-state index contributed by atoms with van der Waals surface area (Å²) in [6.45, 7) is 2.16. The Morgan fingerprint density at radius 1 is 1.50 bits per heavy atom. The van der Waals surface area contributed by atoms with Gasteiger partial charge in [0.2, 0.25) is 11.8 Å². The van der Waals surface area contributed by atoms with E-state index in [1.165, 1.54) is 16.2 Å². The highest BCUT2D eigenvalue weighted by atomic mass is 32.1. The number of alkyl halides is 3. The zero-order valence-corrected chi connectivity index (χ0v) is 12.4. The molecule has 9 heteroatoms. The molecule has 118 valence electrons. The average molecular weight is 330 g/mol. The smallest absolute Gasteiger partial charge is 0.288 e. The van der Waals surface area contributed by atoms with E-state index < -0.39 is 17.9 Å². The molecule has 2 aromatic heterocycles. The van der Waals surface area contributed by atoms with Crippen molar-refractivity contribution >= 4 is 23.2 Å². The molecular weight excluding hydrogens is 317 g/mol. The molecule has 0 fully saturated rings. The summed E-state index contributed by atoms with van der Waals surface area (Å²) >= 11 is 1.38. The van der Waals surface area contributed by atoms with E-state index in [4.69, 9.17) is 0 Å². The molecule has 5 nitrogen and oxygen atoms in total. The van der Waals surface area contributed by atoms with Crippen molar-refractivity contribution in [2.24, 2.45) is 5.92 Å². The van der Waals surface area contributed by atoms with Crippen LogP contribution in [0.2, 0.25) is 0 Å². The number of carbonyl (C=O) groups excluding carboxylic acids is 1. The van der Waals surface area contributed by atoms with Crippen molar-refractivity contribution in [2.45, 2.75) is 32.4 Å². The molecule has 1 unspecified atom stereocenters. The summed E-state index contributed by atoms with van der Waals surface area (Å²) in [6.07, 6.45) is -1.66. The molecule has 0 aromatic carbocycles. The van der Waals surface area contributed by atoms with Gasteiger partial charge < -0.3 is 0 Å². The summed E-state index contributed by atoms with van der Waals surface area (Å²) in [7, 11) is 0. The van der Waals surface area contributed by atoms with E-state index in [0.717, 1.165) is 24.8 Å². The quantitative estimate of drug-likeness (QED) is 0.888. The zero-order valence-electron chi connectivity index (χ0n) is 11.6. The van der Waals surface area contributed by atoms with Gasteiger partial charge in [-0.2, -0.15) is 18.2 Å². The number of aromatic nitrogens is 3. The van der Waals surface area contributed by atoms with Crippen molar-refractivity contribution in [2.75, 3.05) is 5.32 Å². The Morgan fingerprint density at radius 2 is 2.27 bits per heavy atom. The van der Waals surface area contributed by atoms with E-state index in [-0.39, 0.29) is 5.95 Å². The van der Waals surface area contributed by atoms with E-state index in [1.54, 1.807) is 5.10 Å². The van der Waals surface area contributed by atoms with Crippen molar-refractivity contribution in [1.29, 1.82) is 0 Å². The van der Waals surface area contributed by atoms with Gasteiger partial charge in [-0.05, 0) is 36.8 Å². The topological polar surface area (TPSA) is 70.7 Å². The Kier molecular flexibility index (Phi) is 3.67. The van der Waals surface area contributed by atoms with E-state index in [0.29, 0.717) is 10.8 Å². The van der Waals surface area contributed by atoms with E-state index in [2.05, 4.69) is 22.3 Å². The molecule has 2 aromatic rings. The fraction of sp³-hybridized carbons (Fsp3) is 0.462. The van der Waals surface area contributed by atoms with Crippen LogP contribution in [0, 0.1) is 5.92 Å². The number of carbonyl (C=O) groups is 1. The minimum absolute atomic E-state index is 0.378. The maximum atomic E-state index is 12.4. The maximum Gasteiger partial charge on any atom is 0.451 e. The number of halogens is 3. The molecule has 1 amide bonds. The number of H-pyrrole nitrogens is 1. The second-order valence-corrected chi connectivity index (χ2v) is 6.50. The SMILES string of the molecule is CC1CCc2sc(C(=O)Nc3n[nH]c(C(F)(F)F)n3)cc2C1. The number of nitrogens with one attached hydrogen (secondary N) is 2. The van der Waals surface area contributed by atoms with Crippen LogP contribution in [0.3, 0.4) is 0 Å². The number of nitrogens with zero attached hydrogens (tertiary/aromatic N) is 2. The van der Waals surface area contributed by atoms with Gasteiger partial charge >= 0.3 is 6.18 Å². The Balaban J connectivity index is 1.74. The van der Waals surface area contributed by atoms with Gasteiger partial charge in [-0.25, -0.2) is 0 Å². The van der Waals surface area contributed by atoms with Crippen LogP contribution in [0.25, 0.3) is 0 Å². The Bertz CT molecular complexity index is 706. The lowest BCUT2D eigenvalue weighted by Gasteiger charge is -2.16. The van der Waals surface area contributed by atoms with Crippen molar-refractivity contribution in [1.82, 2.24) is 15.2 Å². The number of fused-ring (bicyclic) bond motifs is 1. The van der Waals surface area contributed by atoms with Gasteiger partial charge in [0.15, 0.2) is 0 Å². The van der Waals surface area contributed by atoms with Crippen molar-refractivity contribution in [3.8, 4) is 0 Å². The number of anilines is 1. The second-order valence-electron chi connectivity index (χ2n) is 5.37. The molecule has 1 aliphatic carbocycles. The first-order valence-electron chi connectivity index (χ1n) is 6.75. The standard InChI is InChI=1S/C13H13F3N4OS/c1-6-2-3-8-7(4-6)5-9(22-8)10(21)17-12-18-11(19-20-12)13(14,15)16/h5-6H,2-4H2,1H3,(H2,17,18,19,20,21). The highest BCUT2D eigenvalue weighted by molar-refractivity contribution is 7.14. The minimum atomic E-state index is -4.62. The third-order valence-electron chi connectivity index (χ3n) is 3.53. The molecule has 2 N–H and O–H groups in total. The largest absolute Gasteiger partial charge is 0.451 e. The molecule has 0 aliphatic heterocycles. The molecule has 22 heavy (non-hydrogen) atoms. The normalized spacial score (nSPS) is 18.1. The van der Waals surface area contributed by atoms with Crippen molar-refractivity contribution in [3.63, 3.8) is 0 Å². The van der Waals surface area contributed by atoms with Gasteiger partial charge in [-0.15, -0.1) is 16.4 Å². The summed E-state index contributed by atoms with van der Waals surface area (Å²) in [5.74, 6) is -1.51. The predicted molar refractivity (Wildman–Crippen MR) is 74.8 cm³/mol. The third kappa shape index (κ3) is 2.99. The van der Waals surface area contributed by atoms with Crippen LogP contribution >= 0.6 is 11.3 Å². The summed E-state index contributed by atoms with van der Waals surface area (Å²) in [5, 5.41) is 7.41. The van der Waals surface area contributed by atoms with Crippen LogP contribution in [-0.4, -0.2) is 21.1 Å². The van der Waals surface area contributed by atoms with Gasteiger partial charge in [0.25, 0.3) is 5.91 Å². The Hall–Kier alpha value is -1.90. The van der Waals surface area contributed by atoms with Gasteiger partial charge in [0.1, 0.15) is 0 Å². The molecule has 1 aliphatic rings. The summed E-state index contributed by atoms with van der Waals surface area (Å²) in [4.78, 5) is 17.0. The van der Waals surface area contributed by atoms with E-state index in [9.17, 15) is 18.0 Å². The number of amides is 1.